The molecule has 0 heterocycles. The zero-order chi connectivity index (χ0) is 18.7. The Labute approximate surface area is 166 Å². The Balaban J connectivity index is 1.77. The van der Waals surface area contributed by atoms with Crippen LogP contribution in [-0.2, 0) is 4.79 Å². The highest BCUT2D eigenvalue weighted by molar-refractivity contribution is 6.44. The highest BCUT2D eigenvalue weighted by atomic mass is 35.5. The second-order valence-corrected chi connectivity index (χ2v) is 6.98. The molecule has 26 heavy (non-hydrogen) atoms. The molecular formula is C20H16Cl3NO2. The third kappa shape index (κ3) is 4.24. The van der Waals surface area contributed by atoms with E-state index in [1.54, 1.807) is 0 Å². The zero-order valence-corrected chi connectivity index (χ0v) is 16.2. The van der Waals surface area contributed by atoms with Crippen molar-refractivity contribution in [2.24, 2.45) is 0 Å². The molecular weight excluding hydrogens is 393 g/mol. The summed E-state index contributed by atoms with van der Waals surface area (Å²) in [6, 6.07) is 16.7. The summed E-state index contributed by atoms with van der Waals surface area (Å²) in [5.41, 5.74) is 0.395. The Bertz CT molecular complexity index is 959. The Hall–Kier alpha value is -1.94. The summed E-state index contributed by atoms with van der Waals surface area (Å²) in [6.45, 7) is 1.88. The van der Waals surface area contributed by atoms with Gasteiger partial charge < -0.3 is 10.1 Å². The molecule has 0 aliphatic carbocycles. The van der Waals surface area contributed by atoms with Crippen molar-refractivity contribution in [1.29, 1.82) is 0 Å². The maximum atomic E-state index is 12.6. The molecule has 1 unspecified atom stereocenters. The van der Waals surface area contributed by atoms with Crippen molar-refractivity contribution >= 4 is 57.2 Å². The van der Waals surface area contributed by atoms with E-state index in [1.165, 1.54) is 12.1 Å². The van der Waals surface area contributed by atoms with Gasteiger partial charge in [0.25, 0.3) is 5.91 Å². The van der Waals surface area contributed by atoms with Crippen LogP contribution in [0.2, 0.25) is 15.1 Å². The van der Waals surface area contributed by atoms with Gasteiger partial charge in [-0.3, -0.25) is 4.79 Å². The van der Waals surface area contributed by atoms with Gasteiger partial charge in [-0.25, -0.2) is 0 Å². The van der Waals surface area contributed by atoms with E-state index in [0.717, 1.165) is 10.8 Å². The predicted molar refractivity (Wildman–Crippen MR) is 109 cm³/mol. The molecule has 3 rings (SSSR count). The molecule has 134 valence electrons. The van der Waals surface area contributed by atoms with Crippen molar-refractivity contribution in [3.8, 4) is 5.75 Å². The Morgan fingerprint density at radius 1 is 0.962 bits per heavy atom. The van der Waals surface area contributed by atoms with E-state index >= 15 is 0 Å². The molecule has 0 saturated heterocycles. The minimum Gasteiger partial charge on any atom is -0.481 e. The number of fused-ring (bicyclic) bond motifs is 1. The van der Waals surface area contributed by atoms with Gasteiger partial charge in [-0.05, 0) is 41.5 Å². The van der Waals surface area contributed by atoms with Crippen molar-refractivity contribution in [1.82, 2.24) is 0 Å². The predicted octanol–water partition coefficient (Wildman–Crippen LogP) is 6.60. The van der Waals surface area contributed by atoms with Gasteiger partial charge in [0.2, 0.25) is 0 Å². The Morgan fingerprint density at radius 2 is 1.65 bits per heavy atom. The maximum Gasteiger partial charge on any atom is 0.265 e. The van der Waals surface area contributed by atoms with E-state index in [4.69, 9.17) is 39.5 Å². The molecule has 1 N–H and O–H groups in total. The first kappa shape index (κ1) is 18.8. The number of anilines is 1. The first-order valence-electron chi connectivity index (χ1n) is 8.09. The minimum atomic E-state index is -0.665. The van der Waals surface area contributed by atoms with Gasteiger partial charge >= 0.3 is 0 Å². The van der Waals surface area contributed by atoms with Crippen molar-refractivity contribution < 1.29 is 9.53 Å². The van der Waals surface area contributed by atoms with Gasteiger partial charge in [0, 0.05) is 0 Å². The van der Waals surface area contributed by atoms with Gasteiger partial charge in [-0.1, -0.05) is 72.1 Å². The highest BCUT2D eigenvalue weighted by Crippen LogP contribution is 2.32. The van der Waals surface area contributed by atoms with Crippen LogP contribution in [-0.4, -0.2) is 12.0 Å². The van der Waals surface area contributed by atoms with Crippen LogP contribution in [0.4, 0.5) is 5.69 Å². The number of nitrogens with one attached hydrogen (secondary N) is 1. The molecule has 3 aromatic rings. The number of hydrogen-bond donors (Lipinski definition) is 1. The summed E-state index contributed by atoms with van der Waals surface area (Å²) in [5.74, 6) is 0.326. The standard InChI is InChI=1S/C20H16Cl3NO2/c1-2-19(20(25)24-18-11-16(22)15(21)10-17(18)23)26-14-8-7-12-5-3-4-6-13(12)9-14/h3-11,19H,2H2,1H3,(H,24,25). The lowest BCUT2D eigenvalue weighted by Crippen LogP contribution is -2.32. The lowest BCUT2D eigenvalue weighted by atomic mass is 10.1. The molecule has 0 aliphatic rings. The van der Waals surface area contributed by atoms with Gasteiger partial charge in [-0.15, -0.1) is 0 Å². The molecule has 0 saturated carbocycles. The van der Waals surface area contributed by atoms with Crippen LogP contribution in [0.15, 0.2) is 54.6 Å². The summed E-state index contributed by atoms with van der Waals surface area (Å²) >= 11 is 18.0. The van der Waals surface area contributed by atoms with Gasteiger partial charge in [-0.2, -0.15) is 0 Å². The van der Waals surface area contributed by atoms with Crippen molar-refractivity contribution in [3.63, 3.8) is 0 Å². The highest BCUT2D eigenvalue weighted by Gasteiger charge is 2.20. The van der Waals surface area contributed by atoms with Gasteiger partial charge in [0.05, 0.1) is 20.8 Å². The summed E-state index contributed by atoms with van der Waals surface area (Å²) in [7, 11) is 0. The van der Waals surface area contributed by atoms with Gasteiger partial charge in [0.1, 0.15) is 5.75 Å². The molecule has 0 aromatic heterocycles. The lowest BCUT2D eigenvalue weighted by Gasteiger charge is -2.18. The molecule has 0 spiro atoms. The third-order valence-electron chi connectivity index (χ3n) is 3.93. The number of rotatable bonds is 5. The molecule has 1 amide bonds. The fourth-order valence-corrected chi connectivity index (χ4v) is 3.15. The van der Waals surface area contributed by atoms with Crippen LogP contribution in [0.1, 0.15) is 13.3 Å². The number of carbonyl (C=O) groups excluding carboxylic acids is 1. The summed E-state index contributed by atoms with van der Waals surface area (Å²) in [6.07, 6.45) is -0.167. The second-order valence-electron chi connectivity index (χ2n) is 5.76. The van der Waals surface area contributed by atoms with Crippen molar-refractivity contribution in [2.45, 2.75) is 19.4 Å². The summed E-state index contributed by atoms with van der Waals surface area (Å²) < 4.78 is 5.89. The molecule has 0 aliphatic heterocycles. The average Bonchev–Trinajstić information content (AvgIpc) is 2.64. The SMILES string of the molecule is CCC(Oc1ccc2ccccc2c1)C(=O)Nc1cc(Cl)c(Cl)cc1Cl. The lowest BCUT2D eigenvalue weighted by molar-refractivity contribution is -0.122. The fraction of sp³-hybridized carbons (Fsp3) is 0.150. The van der Waals surface area contributed by atoms with Crippen LogP contribution in [0, 0.1) is 0 Å². The summed E-state index contributed by atoms with van der Waals surface area (Å²) in [5, 5.41) is 5.86. The largest absolute Gasteiger partial charge is 0.481 e. The van der Waals surface area contributed by atoms with Crippen LogP contribution >= 0.6 is 34.8 Å². The normalized spacial score (nSPS) is 12.0. The number of ether oxygens (including phenoxy) is 1. The fourth-order valence-electron chi connectivity index (χ4n) is 2.56. The van der Waals surface area contributed by atoms with E-state index in [2.05, 4.69) is 5.32 Å². The molecule has 1 atom stereocenters. The molecule has 0 radical (unpaired) electrons. The maximum absolute atomic E-state index is 12.6. The molecule has 3 nitrogen and oxygen atoms in total. The van der Waals surface area contributed by atoms with E-state index in [1.807, 2.05) is 49.4 Å². The third-order valence-corrected chi connectivity index (χ3v) is 4.97. The zero-order valence-electron chi connectivity index (χ0n) is 13.9. The van der Waals surface area contributed by atoms with Crippen LogP contribution in [0.5, 0.6) is 5.75 Å². The first-order chi connectivity index (χ1) is 12.5. The number of benzene rings is 3. The first-order valence-corrected chi connectivity index (χ1v) is 9.22. The second kappa shape index (κ2) is 8.17. The van der Waals surface area contributed by atoms with E-state index in [0.29, 0.717) is 32.9 Å². The van der Waals surface area contributed by atoms with Crippen LogP contribution < -0.4 is 10.1 Å². The van der Waals surface area contributed by atoms with E-state index < -0.39 is 6.10 Å². The van der Waals surface area contributed by atoms with E-state index in [-0.39, 0.29) is 5.91 Å². The average molecular weight is 409 g/mol. The minimum absolute atomic E-state index is 0.305. The molecule has 0 bridgehead atoms. The quantitative estimate of drug-likeness (QED) is 0.483. The van der Waals surface area contributed by atoms with Gasteiger partial charge in [0.15, 0.2) is 6.10 Å². The number of carbonyl (C=O) groups is 1. The molecule has 0 fully saturated rings. The molecule has 3 aromatic carbocycles. The number of amides is 1. The van der Waals surface area contributed by atoms with Crippen LogP contribution in [0.25, 0.3) is 10.8 Å². The molecule has 6 heteroatoms. The number of hydrogen-bond acceptors (Lipinski definition) is 2. The summed E-state index contributed by atoms with van der Waals surface area (Å²) in [4.78, 5) is 12.6. The van der Waals surface area contributed by atoms with Crippen LogP contribution in [0.3, 0.4) is 0 Å². The smallest absolute Gasteiger partial charge is 0.265 e. The number of halogens is 3. The Morgan fingerprint density at radius 3 is 2.38 bits per heavy atom. The monoisotopic (exact) mass is 407 g/mol. The van der Waals surface area contributed by atoms with Crippen molar-refractivity contribution in [2.75, 3.05) is 5.32 Å². The van der Waals surface area contributed by atoms with Crippen molar-refractivity contribution in [3.05, 3.63) is 69.7 Å². The van der Waals surface area contributed by atoms with E-state index in [9.17, 15) is 4.79 Å². The Kier molecular flexibility index (Phi) is 5.92. The topological polar surface area (TPSA) is 38.3 Å².